The van der Waals surface area contributed by atoms with E-state index in [4.69, 9.17) is 0 Å². The molecule has 0 saturated carbocycles. The van der Waals surface area contributed by atoms with Gasteiger partial charge in [-0.05, 0) is 30.7 Å². The molecule has 1 heterocycles. The van der Waals surface area contributed by atoms with E-state index in [1.165, 1.54) is 0 Å². The maximum Gasteiger partial charge on any atom is 0.416 e. The monoisotopic (exact) mass is 361 g/mol. The minimum absolute atomic E-state index is 0.0266. The molecule has 7 heteroatoms. The molecule has 0 saturated heterocycles. The molecule has 0 fully saturated rings. The second-order valence-corrected chi connectivity index (χ2v) is 5.91. The molecule has 0 radical (unpaired) electrons. The van der Waals surface area contributed by atoms with Crippen molar-refractivity contribution in [1.29, 1.82) is 0 Å². The maximum absolute atomic E-state index is 12.5. The number of ketones is 1. The van der Waals surface area contributed by atoms with E-state index in [2.05, 4.69) is 0 Å². The van der Waals surface area contributed by atoms with Gasteiger partial charge in [-0.3, -0.25) is 19.3 Å². The van der Waals surface area contributed by atoms with Crippen LogP contribution in [0.1, 0.15) is 49.5 Å². The molecule has 0 aliphatic carbocycles. The Morgan fingerprint density at radius 2 is 1.42 bits per heavy atom. The first-order chi connectivity index (χ1) is 12.3. The fourth-order valence-corrected chi connectivity index (χ4v) is 2.83. The topological polar surface area (TPSA) is 54.5 Å². The van der Waals surface area contributed by atoms with E-state index in [0.29, 0.717) is 11.1 Å². The largest absolute Gasteiger partial charge is 0.416 e. The van der Waals surface area contributed by atoms with Gasteiger partial charge in [-0.1, -0.05) is 24.3 Å². The van der Waals surface area contributed by atoms with Crippen LogP contribution in [-0.2, 0) is 6.18 Å². The van der Waals surface area contributed by atoms with Crippen molar-refractivity contribution in [1.82, 2.24) is 4.90 Å². The first kappa shape index (κ1) is 17.8. The second kappa shape index (κ2) is 6.74. The number of imide groups is 1. The number of carbonyl (C=O) groups is 3. The number of amides is 2. The van der Waals surface area contributed by atoms with Crippen LogP contribution in [0, 0.1) is 0 Å². The standard InChI is InChI=1S/C19H14F3NO3/c20-19(21,22)13-9-7-12(8-10-13)16(24)6-3-11-23-17(25)14-4-1-2-5-15(14)18(23)26/h1-2,4-5,7-10H,3,6,11H2. The molecule has 2 amide bonds. The van der Waals surface area contributed by atoms with Gasteiger partial charge in [0.05, 0.1) is 16.7 Å². The number of nitrogens with zero attached hydrogens (tertiary/aromatic N) is 1. The molecule has 0 bridgehead atoms. The first-order valence-electron chi connectivity index (χ1n) is 7.95. The summed E-state index contributed by atoms with van der Waals surface area (Å²) in [4.78, 5) is 37.6. The third-order valence-corrected chi connectivity index (χ3v) is 4.20. The third kappa shape index (κ3) is 3.37. The van der Waals surface area contributed by atoms with Crippen LogP contribution < -0.4 is 0 Å². The van der Waals surface area contributed by atoms with Gasteiger partial charge in [-0.15, -0.1) is 0 Å². The predicted octanol–water partition coefficient (Wildman–Crippen LogP) is 3.96. The number of alkyl halides is 3. The number of fused-ring (bicyclic) bond motifs is 1. The van der Waals surface area contributed by atoms with Crippen LogP contribution in [0.2, 0.25) is 0 Å². The maximum atomic E-state index is 12.5. The Bertz CT molecular complexity index is 837. The van der Waals surface area contributed by atoms with Crippen LogP contribution in [-0.4, -0.2) is 29.0 Å². The molecule has 1 aliphatic heterocycles. The molecule has 4 nitrogen and oxygen atoms in total. The smallest absolute Gasteiger partial charge is 0.294 e. The van der Waals surface area contributed by atoms with Gasteiger partial charge in [0.1, 0.15) is 0 Å². The lowest BCUT2D eigenvalue weighted by Gasteiger charge is -2.13. The van der Waals surface area contributed by atoms with Crippen LogP contribution in [0.25, 0.3) is 0 Å². The Kier molecular flexibility index (Phi) is 4.63. The van der Waals surface area contributed by atoms with Gasteiger partial charge < -0.3 is 0 Å². The highest BCUT2D eigenvalue weighted by Gasteiger charge is 2.34. The number of halogens is 3. The number of carbonyl (C=O) groups excluding carboxylic acids is 3. The quantitative estimate of drug-likeness (QED) is 0.598. The lowest BCUT2D eigenvalue weighted by Crippen LogP contribution is -2.31. The number of Topliss-reactive ketones (excluding diaryl/α,β-unsaturated/α-hetero) is 1. The van der Waals surface area contributed by atoms with Gasteiger partial charge in [-0.25, -0.2) is 0 Å². The van der Waals surface area contributed by atoms with Crippen LogP contribution >= 0.6 is 0 Å². The Morgan fingerprint density at radius 3 is 1.92 bits per heavy atom. The molecule has 0 N–H and O–H groups in total. The molecule has 1 aliphatic rings. The van der Waals surface area contributed by atoms with E-state index in [1.807, 2.05) is 0 Å². The highest BCUT2D eigenvalue weighted by Crippen LogP contribution is 2.29. The molecule has 0 unspecified atom stereocenters. The summed E-state index contributed by atoms with van der Waals surface area (Å²) in [6, 6.07) is 10.5. The van der Waals surface area contributed by atoms with Crippen molar-refractivity contribution in [3.63, 3.8) is 0 Å². The minimum atomic E-state index is -4.45. The van der Waals surface area contributed by atoms with Gasteiger partial charge >= 0.3 is 6.18 Å². The zero-order chi connectivity index (χ0) is 18.9. The number of hydrogen-bond donors (Lipinski definition) is 0. The van der Waals surface area contributed by atoms with Gasteiger partial charge in [0.25, 0.3) is 11.8 Å². The van der Waals surface area contributed by atoms with Crippen LogP contribution in [0.5, 0.6) is 0 Å². The predicted molar refractivity (Wildman–Crippen MR) is 86.8 cm³/mol. The van der Waals surface area contributed by atoms with Gasteiger partial charge in [0, 0.05) is 18.5 Å². The highest BCUT2D eigenvalue weighted by molar-refractivity contribution is 6.21. The summed E-state index contributed by atoms with van der Waals surface area (Å²) >= 11 is 0. The van der Waals surface area contributed by atoms with E-state index >= 15 is 0 Å². The van der Waals surface area contributed by atoms with Crippen molar-refractivity contribution in [2.45, 2.75) is 19.0 Å². The number of rotatable bonds is 5. The van der Waals surface area contributed by atoms with Crippen molar-refractivity contribution >= 4 is 17.6 Å². The molecular weight excluding hydrogens is 347 g/mol. The molecular formula is C19H14F3NO3. The molecule has 0 spiro atoms. The highest BCUT2D eigenvalue weighted by atomic mass is 19.4. The molecule has 2 aromatic rings. The number of benzene rings is 2. The Balaban J connectivity index is 1.58. The van der Waals surface area contributed by atoms with Crippen molar-refractivity contribution in [3.05, 3.63) is 70.8 Å². The van der Waals surface area contributed by atoms with E-state index in [9.17, 15) is 27.6 Å². The third-order valence-electron chi connectivity index (χ3n) is 4.20. The molecule has 26 heavy (non-hydrogen) atoms. The minimum Gasteiger partial charge on any atom is -0.294 e. The zero-order valence-electron chi connectivity index (χ0n) is 13.5. The summed E-state index contributed by atoms with van der Waals surface area (Å²) in [5.74, 6) is -1.13. The summed E-state index contributed by atoms with van der Waals surface area (Å²) in [6.07, 6.45) is -4.18. The van der Waals surface area contributed by atoms with Crippen molar-refractivity contribution in [3.8, 4) is 0 Å². The fourth-order valence-electron chi connectivity index (χ4n) is 2.83. The zero-order valence-corrected chi connectivity index (χ0v) is 13.5. The summed E-state index contributed by atoms with van der Waals surface area (Å²) in [7, 11) is 0. The van der Waals surface area contributed by atoms with E-state index in [-0.39, 0.29) is 30.7 Å². The average molecular weight is 361 g/mol. The molecule has 2 aromatic carbocycles. The Hall–Kier alpha value is -2.96. The normalized spacial score (nSPS) is 13.9. The second-order valence-electron chi connectivity index (χ2n) is 5.91. The Morgan fingerprint density at radius 1 is 0.885 bits per heavy atom. The average Bonchev–Trinajstić information content (AvgIpc) is 2.86. The summed E-state index contributed by atoms with van der Waals surface area (Å²) in [5.41, 5.74) is 0.0265. The van der Waals surface area contributed by atoms with E-state index < -0.39 is 23.6 Å². The van der Waals surface area contributed by atoms with Crippen LogP contribution in [0.15, 0.2) is 48.5 Å². The van der Waals surface area contributed by atoms with Crippen molar-refractivity contribution in [2.75, 3.05) is 6.54 Å². The van der Waals surface area contributed by atoms with Gasteiger partial charge in [-0.2, -0.15) is 13.2 Å². The van der Waals surface area contributed by atoms with Crippen molar-refractivity contribution in [2.24, 2.45) is 0 Å². The summed E-state index contributed by atoms with van der Waals surface area (Å²) in [5, 5.41) is 0. The SMILES string of the molecule is O=C(CCCN1C(=O)c2ccccc2C1=O)c1ccc(C(F)(F)F)cc1. The summed E-state index contributed by atoms with van der Waals surface area (Å²) in [6.45, 7) is 0.0821. The molecule has 3 rings (SSSR count). The van der Waals surface area contributed by atoms with Crippen molar-refractivity contribution < 1.29 is 27.6 Å². The van der Waals surface area contributed by atoms with E-state index in [0.717, 1.165) is 29.2 Å². The van der Waals surface area contributed by atoms with Gasteiger partial charge in [0.2, 0.25) is 0 Å². The number of hydrogen-bond acceptors (Lipinski definition) is 3. The lowest BCUT2D eigenvalue weighted by molar-refractivity contribution is -0.137. The fraction of sp³-hybridized carbons (Fsp3) is 0.211. The van der Waals surface area contributed by atoms with Crippen LogP contribution in [0.4, 0.5) is 13.2 Å². The molecule has 0 atom stereocenters. The molecule has 134 valence electrons. The first-order valence-corrected chi connectivity index (χ1v) is 7.95. The van der Waals surface area contributed by atoms with Gasteiger partial charge in [0.15, 0.2) is 5.78 Å². The van der Waals surface area contributed by atoms with E-state index in [1.54, 1.807) is 24.3 Å². The Labute approximate surface area is 147 Å². The van der Waals surface area contributed by atoms with Crippen LogP contribution in [0.3, 0.4) is 0 Å². The summed E-state index contributed by atoms with van der Waals surface area (Å²) < 4.78 is 37.6. The molecule has 0 aromatic heterocycles. The lowest BCUT2D eigenvalue weighted by atomic mass is 10.0.